The van der Waals surface area contributed by atoms with Crippen LogP contribution in [0.5, 0.6) is 11.5 Å². The van der Waals surface area contributed by atoms with Gasteiger partial charge in [-0.3, -0.25) is 9.69 Å². The maximum Gasteiger partial charge on any atom is 0.255 e. The number of benzene rings is 2. The molecule has 1 aromatic heterocycles. The standard InChI is InChI=1S/C23H26N4O3/c1-3-30-21-16(5-4-6-20(21)29-2)13-27-12-11-19-18(14-27)23(28)26-22(25-19)15-7-9-17(24)10-8-15/h4-10H,3,11-14,24H2,1-2H3,(H,25,26,28). The fourth-order valence-electron chi connectivity index (χ4n) is 3.79. The lowest BCUT2D eigenvalue weighted by atomic mass is 10.0. The van der Waals surface area contributed by atoms with E-state index in [-0.39, 0.29) is 5.56 Å². The average molecular weight is 406 g/mol. The van der Waals surface area contributed by atoms with Crippen LogP contribution in [0.3, 0.4) is 0 Å². The van der Waals surface area contributed by atoms with Gasteiger partial charge in [-0.2, -0.15) is 0 Å². The van der Waals surface area contributed by atoms with Gasteiger partial charge in [0.1, 0.15) is 5.82 Å². The van der Waals surface area contributed by atoms with Gasteiger partial charge in [0, 0.05) is 42.9 Å². The quantitative estimate of drug-likeness (QED) is 0.612. The van der Waals surface area contributed by atoms with Crippen LogP contribution in [0.15, 0.2) is 47.3 Å². The number of rotatable bonds is 6. The third-order valence-electron chi connectivity index (χ3n) is 5.29. The molecule has 7 heteroatoms. The van der Waals surface area contributed by atoms with E-state index in [9.17, 15) is 4.79 Å². The fraction of sp³-hybridized carbons (Fsp3) is 0.304. The number of ether oxygens (including phenoxy) is 2. The van der Waals surface area contributed by atoms with Crippen LogP contribution in [0.25, 0.3) is 11.4 Å². The van der Waals surface area contributed by atoms with E-state index in [0.29, 0.717) is 31.2 Å². The number of aromatic nitrogens is 2. The van der Waals surface area contributed by atoms with E-state index < -0.39 is 0 Å². The second-order valence-electron chi connectivity index (χ2n) is 7.30. The first-order chi connectivity index (χ1) is 14.6. The molecule has 7 nitrogen and oxygen atoms in total. The molecule has 0 saturated heterocycles. The summed E-state index contributed by atoms with van der Waals surface area (Å²) in [4.78, 5) is 22.7. The average Bonchev–Trinajstić information content (AvgIpc) is 2.76. The number of hydrogen-bond donors (Lipinski definition) is 2. The number of methoxy groups -OCH3 is 1. The molecular weight excluding hydrogens is 380 g/mol. The van der Waals surface area contributed by atoms with Gasteiger partial charge in [0.2, 0.25) is 0 Å². The molecule has 0 bridgehead atoms. The molecule has 3 aromatic rings. The molecule has 0 unspecified atom stereocenters. The molecule has 0 aliphatic carbocycles. The Kier molecular flexibility index (Phi) is 5.72. The van der Waals surface area contributed by atoms with Crippen molar-refractivity contribution in [3.05, 3.63) is 69.6 Å². The normalized spacial score (nSPS) is 13.7. The first kappa shape index (κ1) is 20.0. The Bertz CT molecular complexity index is 1090. The summed E-state index contributed by atoms with van der Waals surface area (Å²) < 4.78 is 11.3. The summed E-state index contributed by atoms with van der Waals surface area (Å²) in [5.74, 6) is 2.07. The van der Waals surface area contributed by atoms with Crippen LogP contribution in [0, 0.1) is 0 Å². The minimum absolute atomic E-state index is 0.0906. The molecule has 2 heterocycles. The van der Waals surface area contributed by atoms with Gasteiger partial charge < -0.3 is 20.2 Å². The molecule has 2 aromatic carbocycles. The highest BCUT2D eigenvalue weighted by atomic mass is 16.5. The summed E-state index contributed by atoms with van der Waals surface area (Å²) in [6.07, 6.45) is 0.717. The van der Waals surface area contributed by atoms with Crippen molar-refractivity contribution in [3.63, 3.8) is 0 Å². The van der Waals surface area contributed by atoms with E-state index in [1.807, 2.05) is 37.3 Å². The van der Waals surface area contributed by atoms with Gasteiger partial charge >= 0.3 is 0 Å². The van der Waals surface area contributed by atoms with Crippen molar-refractivity contribution in [2.24, 2.45) is 0 Å². The number of anilines is 1. The van der Waals surface area contributed by atoms with E-state index >= 15 is 0 Å². The predicted octanol–water partition coefficient (Wildman–Crippen LogP) is 2.98. The zero-order valence-electron chi connectivity index (χ0n) is 17.3. The maximum absolute atomic E-state index is 12.8. The summed E-state index contributed by atoms with van der Waals surface area (Å²) in [5, 5.41) is 0. The van der Waals surface area contributed by atoms with Crippen LogP contribution < -0.4 is 20.8 Å². The lowest BCUT2D eigenvalue weighted by Gasteiger charge is -2.28. The zero-order chi connectivity index (χ0) is 21.1. The van der Waals surface area contributed by atoms with Gasteiger partial charge in [-0.25, -0.2) is 4.98 Å². The van der Waals surface area contributed by atoms with Gasteiger partial charge in [-0.05, 0) is 37.3 Å². The number of nitrogen functional groups attached to an aromatic ring is 1. The molecule has 0 fully saturated rings. The Balaban J connectivity index is 1.58. The number of hydrogen-bond acceptors (Lipinski definition) is 6. The topological polar surface area (TPSA) is 93.5 Å². The molecule has 0 saturated carbocycles. The summed E-state index contributed by atoms with van der Waals surface area (Å²) in [7, 11) is 1.64. The number of fused-ring (bicyclic) bond motifs is 1. The van der Waals surface area contributed by atoms with E-state index in [2.05, 4.69) is 9.88 Å². The SMILES string of the molecule is CCOc1c(CN2CCc3nc(-c4ccc(N)cc4)[nH]c(=O)c3C2)cccc1OC. The summed E-state index contributed by atoms with van der Waals surface area (Å²) in [6, 6.07) is 13.2. The minimum Gasteiger partial charge on any atom is -0.493 e. The third kappa shape index (κ3) is 4.02. The van der Waals surface area contributed by atoms with Gasteiger partial charge in [0.15, 0.2) is 11.5 Å². The van der Waals surface area contributed by atoms with E-state index in [4.69, 9.17) is 20.2 Å². The van der Waals surface area contributed by atoms with E-state index in [1.165, 1.54) is 0 Å². The third-order valence-corrected chi connectivity index (χ3v) is 5.29. The molecule has 0 spiro atoms. The molecule has 4 rings (SSSR count). The number of nitrogens with one attached hydrogen (secondary N) is 1. The van der Waals surface area contributed by atoms with E-state index in [0.717, 1.165) is 46.8 Å². The Morgan fingerprint density at radius 1 is 1.20 bits per heavy atom. The molecule has 0 atom stereocenters. The maximum atomic E-state index is 12.8. The molecule has 156 valence electrons. The second kappa shape index (κ2) is 8.59. The van der Waals surface area contributed by atoms with Crippen molar-refractivity contribution in [3.8, 4) is 22.9 Å². The van der Waals surface area contributed by atoms with Gasteiger partial charge in [0.25, 0.3) is 5.56 Å². The van der Waals surface area contributed by atoms with Crippen molar-refractivity contribution in [2.75, 3.05) is 26.0 Å². The van der Waals surface area contributed by atoms with Crippen LogP contribution in [0.2, 0.25) is 0 Å². The number of nitrogens with zero attached hydrogens (tertiary/aromatic N) is 2. The number of para-hydroxylation sites is 1. The lowest BCUT2D eigenvalue weighted by Crippen LogP contribution is -2.35. The van der Waals surface area contributed by atoms with Crippen molar-refractivity contribution in [1.29, 1.82) is 0 Å². The summed E-state index contributed by atoms with van der Waals surface area (Å²) in [6.45, 7) is 4.55. The zero-order valence-corrected chi connectivity index (χ0v) is 17.3. The van der Waals surface area contributed by atoms with Crippen molar-refractivity contribution in [2.45, 2.75) is 26.4 Å². The second-order valence-corrected chi connectivity index (χ2v) is 7.30. The summed E-state index contributed by atoms with van der Waals surface area (Å²) in [5.41, 5.74) is 9.82. The molecule has 0 amide bonds. The summed E-state index contributed by atoms with van der Waals surface area (Å²) >= 11 is 0. The Morgan fingerprint density at radius 2 is 2.00 bits per heavy atom. The monoisotopic (exact) mass is 406 g/mol. The first-order valence-electron chi connectivity index (χ1n) is 10.1. The smallest absolute Gasteiger partial charge is 0.255 e. The van der Waals surface area contributed by atoms with E-state index in [1.54, 1.807) is 19.2 Å². The molecule has 1 aliphatic heterocycles. The Morgan fingerprint density at radius 3 is 2.73 bits per heavy atom. The van der Waals surface area contributed by atoms with Gasteiger partial charge in [-0.1, -0.05) is 12.1 Å². The van der Waals surface area contributed by atoms with Crippen molar-refractivity contribution in [1.82, 2.24) is 14.9 Å². The van der Waals surface area contributed by atoms with Crippen LogP contribution in [0.1, 0.15) is 23.7 Å². The highest BCUT2D eigenvalue weighted by Gasteiger charge is 2.23. The number of aromatic amines is 1. The molecule has 0 radical (unpaired) electrons. The van der Waals surface area contributed by atoms with Crippen LogP contribution >= 0.6 is 0 Å². The molecule has 3 N–H and O–H groups in total. The first-order valence-corrected chi connectivity index (χ1v) is 10.1. The Labute approximate surface area is 175 Å². The highest BCUT2D eigenvalue weighted by molar-refractivity contribution is 5.58. The van der Waals surface area contributed by atoms with Crippen molar-refractivity contribution < 1.29 is 9.47 Å². The minimum atomic E-state index is -0.0906. The number of H-pyrrole nitrogens is 1. The molecule has 30 heavy (non-hydrogen) atoms. The fourth-order valence-corrected chi connectivity index (χ4v) is 3.79. The van der Waals surface area contributed by atoms with Crippen LogP contribution in [0.4, 0.5) is 5.69 Å². The van der Waals surface area contributed by atoms with Crippen LogP contribution in [-0.4, -0.2) is 35.1 Å². The van der Waals surface area contributed by atoms with Crippen LogP contribution in [-0.2, 0) is 19.5 Å². The van der Waals surface area contributed by atoms with Gasteiger partial charge in [0.05, 0.1) is 25.0 Å². The largest absolute Gasteiger partial charge is 0.493 e. The Hall–Kier alpha value is -3.32. The molecular formula is C23H26N4O3. The molecule has 1 aliphatic rings. The lowest BCUT2D eigenvalue weighted by molar-refractivity contribution is 0.233. The van der Waals surface area contributed by atoms with Crippen molar-refractivity contribution >= 4 is 5.69 Å². The highest BCUT2D eigenvalue weighted by Crippen LogP contribution is 2.32. The number of nitrogens with two attached hydrogens (primary N) is 1. The predicted molar refractivity (Wildman–Crippen MR) is 117 cm³/mol. The van der Waals surface area contributed by atoms with Gasteiger partial charge in [-0.15, -0.1) is 0 Å².